The third kappa shape index (κ3) is 3.59. The van der Waals surface area contributed by atoms with Crippen LogP contribution in [0.3, 0.4) is 0 Å². The van der Waals surface area contributed by atoms with Crippen LogP contribution in [0, 0.1) is 5.92 Å². The fraction of sp³-hybridized carbons (Fsp3) is 0.833. The van der Waals surface area contributed by atoms with Crippen LogP contribution in [0.25, 0.3) is 0 Å². The standard InChI is InChI=1S/C12H22N4/c1-2-4-12(11-5-6-11)13-7-3-9-16-10-8-14-15-16/h8,10-13H,2-7,9H2,1H3. The molecule has 0 bridgehead atoms. The van der Waals surface area contributed by atoms with E-state index in [-0.39, 0.29) is 0 Å². The van der Waals surface area contributed by atoms with Gasteiger partial charge in [-0.15, -0.1) is 5.10 Å². The average Bonchev–Trinajstić information content (AvgIpc) is 3.01. The van der Waals surface area contributed by atoms with Crippen LogP contribution in [0.15, 0.2) is 12.4 Å². The predicted molar refractivity (Wildman–Crippen MR) is 64.1 cm³/mol. The predicted octanol–water partition coefficient (Wildman–Crippen LogP) is 1.84. The molecule has 1 fully saturated rings. The van der Waals surface area contributed by atoms with Crippen LogP contribution in [-0.2, 0) is 6.54 Å². The van der Waals surface area contributed by atoms with Crippen LogP contribution >= 0.6 is 0 Å². The zero-order chi connectivity index (χ0) is 11.2. The highest BCUT2D eigenvalue weighted by atomic mass is 15.4. The van der Waals surface area contributed by atoms with Gasteiger partial charge in [-0.3, -0.25) is 4.68 Å². The zero-order valence-electron chi connectivity index (χ0n) is 10.1. The first-order valence-electron chi connectivity index (χ1n) is 6.47. The summed E-state index contributed by atoms with van der Waals surface area (Å²) in [6.45, 7) is 4.34. The van der Waals surface area contributed by atoms with Crippen LogP contribution in [0.1, 0.15) is 39.0 Å². The summed E-state index contributed by atoms with van der Waals surface area (Å²) in [7, 11) is 0. The molecule has 1 aliphatic rings. The summed E-state index contributed by atoms with van der Waals surface area (Å²) in [6, 6.07) is 0.765. The quantitative estimate of drug-likeness (QED) is 0.682. The maximum atomic E-state index is 3.96. The van der Waals surface area contributed by atoms with Gasteiger partial charge in [0.15, 0.2) is 0 Å². The van der Waals surface area contributed by atoms with Gasteiger partial charge in [0.05, 0.1) is 6.20 Å². The van der Waals surface area contributed by atoms with Crippen molar-refractivity contribution >= 4 is 0 Å². The Morgan fingerprint density at radius 2 is 2.38 bits per heavy atom. The normalized spacial score (nSPS) is 17.6. The summed E-state index contributed by atoms with van der Waals surface area (Å²) in [5.41, 5.74) is 0. The Hall–Kier alpha value is -0.900. The number of nitrogens with one attached hydrogen (secondary N) is 1. The van der Waals surface area contributed by atoms with Gasteiger partial charge in [-0.05, 0) is 38.1 Å². The van der Waals surface area contributed by atoms with Crippen molar-refractivity contribution in [3.05, 3.63) is 12.4 Å². The molecule has 1 aromatic rings. The monoisotopic (exact) mass is 222 g/mol. The van der Waals surface area contributed by atoms with Gasteiger partial charge in [-0.2, -0.15) is 0 Å². The van der Waals surface area contributed by atoms with Gasteiger partial charge in [0.1, 0.15) is 0 Å². The molecule has 0 amide bonds. The number of rotatable bonds is 8. The smallest absolute Gasteiger partial charge is 0.0692 e. The summed E-state index contributed by atoms with van der Waals surface area (Å²) < 4.78 is 1.90. The fourth-order valence-corrected chi connectivity index (χ4v) is 2.19. The molecular weight excluding hydrogens is 200 g/mol. The second-order valence-corrected chi connectivity index (χ2v) is 4.71. The highest BCUT2D eigenvalue weighted by molar-refractivity contribution is 4.85. The lowest BCUT2D eigenvalue weighted by molar-refractivity contribution is 0.415. The largest absolute Gasteiger partial charge is 0.314 e. The Bertz CT molecular complexity index is 279. The van der Waals surface area contributed by atoms with Crippen molar-refractivity contribution in [2.75, 3.05) is 6.54 Å². The molecule has 0 spiro atoms. The van der Waals surface area contributed by atoms with Crippen LogP contribution in [0.2, 0.25) is 0 Å². The summed E-state index contributed by atoms with van der Waals surface area (Å²) in [5, 5.41) is 11.4. The average molecular weight is 222 g/mol. The van der Waals surface area contributed by atoms with Crippen molar-refractivity contribution in [1.82, 2.24) is 20.3 Å². The maximum absolute atomic E-state index is 3.96. The molecule has 1 unspecified atom stereocenters. The van der Waals surface area contributed by atoms with E-state index in [9.17, 15) is 0 Å². The van der Waals surface area contributed by atoms with E-state index in [4.69, 9.17) is 0 Å². The van der Waals surface area contributed by atoms with E-state index in [1.165, 1.54) is 25.7 Å². The second kappa shape index (κ2) is 5.99. The van der Waals surface area contributed by atoms with Crippen LogP contribution in [0.5, 0.6) is 0 Å². The Kier molecular flexibility index (Phi) is 4.34. The molecule has 1 aliphatic carbocycles. The minimum absolute atomic E-state index is 0.765. The van der Waals surface area contributed by atoms with E-state index in [1.807, 2.05) is 10.9 Å². The number of hydrogen-bond donors (Lipinski definition) is 1. The highest BCUT2D eigenvalue weighted by Crippen LogP contribution is 2.34. The molecule has 1 aromatic heterocycles. The van der Waals surface area contributed by atoms with Crippen molar-refractivity contribution in [2.24, 2.45) is 5.92 Å². The van der Waals surface area contributed by atoms with Gasteiger partial charge >= 0.3 is 0 Å². The fourth-order valence-electron chi connectivity index (χ4n) is 2.19. The SMILES string of the molecule is CCCC(NCCCn1ccnn1)C1CC1. The zero-order valence-corrected chi connectivity index (χ0v) is 10.1. The van der Waals surface area contributed by atoms with Gasteiger partial charge in [0.25, 0.3) is 0 Å². The lowest BCUT2D eigenvalue weighted by Gasteiger charge is -2.17. The first kappa shape index (κ1) is 11.6. The minimum atomic E-state index is 0.765. The van der Waals surface area contributed by atoms with Gasteiger partial charge in [0, 0.05) is 18.8 Å². The van der Waals surface area contributed by atoms with Gasteiger partial charge in [-0.1, -0.05) is 18.6 Å². The van der Waals surface area contributed by atoms with E-state index in [2.05, 4.69) is 22.6 Å². The van der Waals surface area contributed by atoms with Crippen molar-refractivity contribution < 1.29 is 0 Å². The minimum Gasteiger partial charge on any atom is -0.314 e. The number of hydrogen-bond acceptors (Lipinski definition) is 3. The van der Waals surface area contributed by atoms with Crippen molar-refractivity contribution in [2.45, 2.75) is 51.6 Å². The molecule has 1 atom stereocenters. The Labute approximate surface area is 97.4 Å². The molecule has 16 heavy (non-hydrogen) atoms. The summed E-state index contributed by atoms with van der Waals surface area (Å²) >= 11 is 0. The molecule has 1 N–H and O–H groups in total. The molecule has 0 radical (unpaired) electrons. The third-order valence-corrected chi connectivity index (χ3v) is 3.23. The molecule has 1 saturated carbocycles. The lowest BCUT2D eigenvalue weighted by atomic mass is 10.1. The molecule has 0 aliphatic heterocycles. The Balaban J connectivity index is 1.59. The summed E-state index contributed by atoms with van der Waals surface area (Å²) in [6.07, 6.45) is 10.3. The number of aryl methyl sites for hydroxylation is 1. The molecule has 0 saturated heterocycles. The van der Waals surface area contributed by atoms with Gasteiger partial charge in [-0.25, -0.2) is 0 Å². The molecule has 2 rings (SSSR count). The van der Waals surface area contributed by atoms with Gasteiger partial charge in [0.2, 0.25) is 0 Å². The molecule has 0 aromatic carbocycles. The van der Waals surface area contributed by atoms with Crippen LogP contribution in [-0.4, -0.2) is 27.6 Å². The molecule has 1 heterocycles. The molecule has 4 nitrogen and oxygen atoms in total. The highest BCUT2D eigenvalue weighted by Gasteiger charge is 2.29. The Morgan fingerprint density at radius 1 is 1.50 bits per heavy atom. The van der Waals surface area contributed by atoms with Crippen molar-refractivity contribution in [3.8, 4) is 0 Å². The first-order valence-corrected chi connectivity index (χ1v) is 6.47. The Morgan fingerprint density at radius 3 is 3.00 bits per heavy atom. The van der Waals surface area contributed by atoms with Crippen LogP contribution < -0.4 is 5.32 Å². The first-order chi connectivity index (χ1) is 7.90. The number of nitrogens with zero attached hydrogens (tertiary/aromatic N) is 3. The third-order valence-electron chi connectivity index (χ3n) is 3.23. The molecule has 4 heteroatoms. The van der Waals surface area contributed by atoms with E-state index in [0.29, 0.717) is 0 Å². The van der Waals surface area contributed by atoms with Crippen molar-refractivity contribution in [1.29, 1.82) is 0 Å². The van der Waals surface area contributed by atoms with Gasteiger partial charge < -0.3 is 5.32 Å². The van der Waals surface area contributed by atoms with E-state index >= 15 is 0 Å². The lowest BCUT2D eigenvalue weighted by Crippen LogP contribution is -2.32. The second-order valence-electron chi connectivity index (χ2n) is 4.71. The van der Waals surface area contributed by atoms with Crippen LogP contribution in [0.4, 0.5) is 0 Å². The maximum Gasteiger partial charge on any atom is 0.0692 e. The summed E-state index contributed by atoms with van der Waals surface area (Å²) in [5.74, 6) is 0.964. The van der Waals surface area contributed by atoms with E-state index in [0.717, 1.165) is 31.5 Å². The van der Waals surface area contributed by atoms with Crippen molar-refractivity contribution in [3.63, 3.8) is 0 Å². The molecule has 90 valence electrons. The van der Waals surface area contributed by atoms with E-state index in [1.54, 1.807) is 6.20 Å². The topological polar surface area (TPSA) is 42.7 Å². The summed E-state index contributed by atoms with van der Waals surface area (Å²) in [4.78, 5) is 0. The number of aromatic nitrogens is 3. The van der Waals surface area contributed by atoms with E-state index < -0.39 is 0 Å². The molecular formula is C12H22N4.